The first kappa shape index (κ1) is 20.7. The SMILES string of the molecule is CC(C)C(SCc1ccccc1)C(=O)NCc1ccnc(N2CCCCC2)c1. The Hall–Kier alpha value is -2.01. The lowest BCUT2D eigenvalue weighted by atomic mass is 10.1. The Morgan fingerprint density at radius 3 is 2.57 bits per heavy atom. The number of benzene rings is 1. The minimum atomic E-state index is -0.0522. The summed E-state index contributed by atoms with van der Waals surface area (Å²) in [5, 5.41) is 3.09. The molecule has 1 N–H and O–H groups in total. The maximum Gasteiger partial charge on any atom is 0.233 e. The maximum atomic E-state index is 12.8. The zero-order valence-electron chi connectivity index (χ0n) is 16.9. The van der Waals surface area contributed by atoms with Crippen molar-refractivity contribution in [3.63, 3.8) is 0 Å². The van der Waals surface area contributed by atoms with Crippen LogP contribution in [0.25, 0.3) is 0 Å². The van der Waals surface area contributed by atoms with Crippen LogP contribution >= 0.6 is 11.8 Å². The Bertz CT molecular complexity index is 745. The third kappa shape index (κ3) is 5.99. The van der Waals surface area contributed by atoms with Crippen LogP contribution in [0.4, 0.5) is 5.82 Å². The quantitative estimate of drug-likeness (QED) is 0.704. The summed E-state index contributed by atoms with van der Waals surface area (Å²) in [6.45, 7) is 6.94. The summed E-state index contributed by atoms with van der Waals surface area (Å²) >= 11 is 1.72. The number of aromatic nitrogens is 1. The summed E-state index contributed by atoms with van der Waals surface area (Å²) in [6, 6.07) is 14.5. The summed E-state index contributed by atoms with van der Waals surface area (Å²) in [5.74, 6) is 2.29. The third-order valence-electron chi connectivity index (χ3n) is 5.09. The highest BCUT2D eigenvalue weighted by Crippen LogP contribution is 2.24. The first-order valence-electron chi connectivity index (χ1n) is 10.3. The zero-order valence-corrected chi connectivity index (χ0v) is 17.8. The minimum absolute atomic E-state index is 0.0522. The van der Waals surface area contributed by atoms with Gasteiger partial charge in [-0.2, -0.15) is 0 Å². The molecule has 1 atom stereocenters. The molecule has 0 radical (unpaired) electrons. The Balaban J connectivity index is 1.55. The zero-order chi connectivity index (χ0) is 19.8. The molecule has 1 aromatic carbocycles. The van der Waals surface area contributed by atoms with Gasteiger partial charge in [0, 0.05) is 31.6 Å². The Labute approximate surface area is 173 Å². The van der Waals surface area contributed by atoms with E-state index in [2.05, 4.69) is 47.2 Å². The fraction of sp³-hybridized carbons (Fsp3) is 0.478. The second kappa shape index (κ2) is 10.5. The van der Waals surface area contributed by atoms with Crippen LogP contribution in [-0.2, 0) is 17.1 Å². The number of pyridine rings is 1. The van der Waals surface area contributed by atoms with Gasteiger partial charge in [0.25, 0.3) is 0 Å². The fourth-order valence-corrected chi connectivity index (χ4v) is 4.67. The van der Waals surface area contributed by atoms with E-state index in [0.29, 0.717) is 6.54 Å². The van der Waals surface area contributed by atoms with Gasteiger partial charge in [-0.25, -0.2) is 4.98 Å². The van der Waals surface area contributed by atoms with Crippen molar-refractivity contribution in [2.45, 2.75) is 50.7 Å². The van der Waals surface area contributed by atoms with Crippen molar-refractivity contribution in [2.24, 2.45) is 5.92 Å². The van der Waals surface area contributed by atoms with Crippen LogP contribution in [0.15, 0.2) is 48.7 Å². The lowest BCUT2D eigenvalue weighted by Crippen LogP contribution is -2.35. The molecule has 0 saturated carbocycles. The van der Waals surface area contributed by atoms with Crippen molar-refractivity contribution < 1.29 is 4.79 Å². The number of thioether (sulfide) groups is 1. The normalized spacial score (nSPS) is 15.5. The fourth-order valence-electron chi connectivity index (χ4n) is 3.49. The number of carbonyl (C=O) groups excluding carboxylic acids is 1. The van der Waals surface area contributed by atoms with Gasteiger partial charge in [-0.1, -0.05) is 44.2 Å². The van der Waals surface area contributed by atoms with E-state index in [1.807, 2.05) is 30.5 Å². The van der Waals surface area contributed by atoms with E-state index in [4.69, 9.17) is 0 Å². The molecule has 1 amide bonds. The monoisotopic (exact) mass is 397 g/mol. The minimum Gasteiger partial charge on any atom is -0.357 e. The molecule has 4 nitrogen and oxygen atoms in total. The second-order valence-corrected chi connectivity index (χ2v) is 8.88. The molecule has 3 rings (SSSR count). The number of nitrogens with one attached hydrogen (secondary N) is 1. The summed E-state index contributed by atoms with van der Waals surface area (Å²) in [5.41, 5.74) is 2.37. The highest BCUT2D eigenvalue weighted by atomic mass is 32.2. The largest absolute Gasteiger partial charge is 0.357 e. The van der Waals surface area contributed by atoms with E-state index < -0.39 is 0 Å². The van der Waals surface area contributed by atoms with Gasteiger partial charge in [-0.05, 0) is 48.4 Å². The van der Waals surface area contributed by atoms with Gasteiger partial charge in [0.1, 0.15) is 5.82 Å². The molecule has 1 aromatic heterocycles. The van der Waals surface area contributed by atoms with Crippen molar-refractivity contribution in [1.82, 2.24) is 10.3 Å². The van der Waals surface area contributed by atoms with Crippen LogP contribution in [0.2, 0.25) is 0 Å². The van der Waals surface area contributed by atoms with E-state index >= 15 is 0 Å². The highest BCUT2D eigenvalue weighted by Gasteiger charge is 2.22. The maximum absolute atomic E-state index is 12.8. The molecule has 1 aliphatic rings. The standard InChI is InChI=1S/C23H31N3OS/c1-18(2)22(28-17-19-9-5-3-6-10-19)23(27)25-16-20-11-12-24-21(15-20)26-13-7-4-8-14-26/h3,5-6,9-12,15,18,22H,4,7-8,13-14,16-17H2,1-2H3,(H,25,27). The predicted octanol–water partition coefficient (Wildman–Crippen LogP) is 4.65. The van der Waals surface area contributed by atoms with E-state index in [0.717, 1.165) is 30.2 Å². The van der Waals surface area contributed by atoms with E-state index in [9.17, 15) is 4.79 Å². The smallest absolute Gasteiger partial charge is 0.233 e. The second-order valence-electron chi connectivity index (χ2n) is 7.75. The Kier molecular flexibility index (Phi) is 7.78. The van der Waals surface area contributed by atoms with E-state index in [1.165, 1.54) is 24.8 Å². The molecule has 1 fully saturated rings. The number of piperidine rings is 1. The van der Waals surface area contributed by atoms with Crippen LogP contribution in [-0.4, -0.2) is 29.2 Å². The molecule has 150 valence electrons. The molecule has 0 bridgehead atoms. The molecule has 2 heterocycles. The van der Waals surface area contributed by atoms with Crippen LogP contribution in [0, 0.1) is 5.92 Å². The third-order valence-corrected chi connectivity index (χ3v) is 6.71. The highest BCUT2D eigenvalue weighted by molar-refractivity contribution is 7.99. The van der Waals surface area contributed by atoms with Crippen molar-refractivity contribution in [2.75, 3.05) is 18.0 Å². The van der Waals surface area contributed by atoms with Gasteiger partial charge in [0.2, 0.25) is 5.91 Å². The van der Waals surface area contributed by atoms with Crippen molar-refractivity contribution in [1.29, 1.82) is 0 Å². The van der Waals surface area contributed by atoms with Gasteiger partial charge in [-0.15, -0.1) is 11.8 Å². The molecule has 2 aromatic rings. The molecule has 1 aliphatic heterocycles. The Morgan fingerprint density at radius 2 is 1.86 bits per heavy atom. The lowest BCUT2D eigenvalue weighted by Gasteiger charge is -2.28. The van der Waals surface area contributed by atoms with E-state index in [-0.39, 0.29) is 17.1 Å². The molecule has 0 spiro atoms. The molecular weight excluding hydrogens is 366 g/mol. The van der Waals surface area contributed by atoms with Gasteiger partial charge in [0.05, 0.1) is 5.25 Å². The number of amides is 1. The molecular formula is C23H31N3OS. The molecule has 1 saturated heterocycles. The summed E-state index contributed by atoms with van der Waals surface area (Å²) in [6.07, 6.45) is 5.63. The van der Waals surface area contributed by atoms with Gasteiger partial charge < -0.3 is 10.2 Å². The topological polar surface area (TPSA) is 45.2 Å². The number of nitrogens with zero attached hydrogens (tertiary/aromatic N) is 2. The van der Waals surface area contributed by atoms with E-state index in [1.54, 1.807) is 11.8 Å². The average Bonchev–Trinajstić information content (AvgIpc) is 2.74. The Morgan fingerprint density at radius 1 is 1.11 bits per heavy atom. The predicted molar refractivity (Wildman–Crippen MR) is 119 cm³/mol. The average molecular weight is 398 g/mol. The van der Waals surface area contributed by atoms with Crippen molar-refractivity contribution >= 4 is 23.5 Å². The summed E-state index contributed by atoms with van der Waals surface area (Å²) in [7, 11) is 0. The first-order chi connectivity index (χ1) is 13.6. The van der Waals surface area contributed by atoms with Crippen LogP contribution in [0.5, 0.6) is 0 Å². The van der Waals surface area contributed by atoms with Crippen molar-refractivity contribution in [3.05, 3.63) is 59.8 Å². The molecule has 0 aliphatic carbocycles. The van der Waals surface area contributed by atoms with Gasteiger partial charge >= 0.3 is 0 Å². The van der Waals surface area contributed by atoms with Crippen molar-refractivity contribution in [3.8, 4) is 0 Å². The number of carbonyl (C=O) groups is 1. The molecule has 28 heavy (non-hydrogen) atoms. The first-order valence-corrected chi connectivity index (χ1v) is 11.3. The number of hydrogen-bond acceptors (Lipinski definition) is 4. The van der Waals surface area contributed by atoms with Crippen LogP contribution in [0.1, 0.15) is 44.2 Å². The summed E-state index contributed by atoms with van der Waals surface area (Å²) < 4.78 is 0. The van der Waals surface area contributed by atoms with Crippen LogP contribution < -0.4 is 10.2 Å². The number of anilines is 1. The van der Waals surface area contributed by atoms with Crippen LogP contribution in [0.3, 0.4) is 0 Å². The summed E-state index contributed by atoms with van der Waals surface area (Å²) in [4.78, 5) is 19.7. The molecule has 1 unspecified atom stereocenters. The van der Waals surface area contributed by atoms with Gasteiger partial charge in [-0.3, -0.25) is 4.79 Å². The number of rotatable bonds is 8. The number of hydrogen-bond donors (Lipinski definition) is 1. The molecule has 5 heteroatoms. The van der Waals surface area contributed by atoms with Gasteiger partial charge in [0.15, 0.2) is 0 Å². The lowest BCUT2D eigenvalue weighted by molar-refractivity contribution is -0.121.